The first-order valence-electron chi connectivity index (χ1n) is 6.75. The molecule has 1 N–H and O–H groups in total. The van der Waals surface area contributed by atoms with Crippen LogP contribution in [0, 0.1) is 4.77 Å². The summed E-state index contributed by atoms with van der Waals surface area (Å²) in [6, 6.07) is 11.9. The van der Waals surface area contributed by atoms with Crippen molar-refractivity contribution in [2.45, 2.75) is 12.7 Å². The molecule has 3 aromatic rings. The predicted octanol–water partition coefficient (Wildman–Crippen LogP) is 4.13. The van der Waals surface area contributed by atoms with Crippen LogP contribution in [-0.2, 0) is 12.7 Å². The van der Waals surface area contributed by atoms with E-state index in [1.165, 1.54) is 18.2 Å². The fraction of sp³-hybridized carbons (Fsp3) is 0.125. The molecule has 0 bridgehead atoms. The lowest BCUT2D eigenvalue weighted by Gasteiger charge is -2.14. The molecule has 1 heterocycles. The van der Waals surface area contributed by atoms with Gasteiger partial charge in [0.1, 0.15) is 0 Å². The normalized spacial score (nSPS) is 11.8. The van der Waals surface area contributed by atoms with E-state index < -0.39 is 17.3 Å². The first kappa shape index (κ1) is 15.5. The molecule has 0 aliphatic heterocycles. The van der Waals surface area contributed by atoms with Gasteiger partial charge in [-0.3, -0.25) is 9.36 Å². The summed E-state index contributed by atoms with van der Waals surface area (Å²) in [5.74, 6) is 0. The van der Waals surface area contributed by atoms with Crippen LogP contribution in [0.4, 0.5) is 13.2 Å². The van der Waals surface area contributed by atoms with Crippen LogP contribution in [-0.4, -0.2) is 9.55 Å². The predicted molar refractivity (Wildman–Crippen MR) is 83.9 cm³/mol. The summed E-state index contributed by atoms with van der Waals surface area (Å²) in [4.78, 5) is 15.4. The van der Waals surface area contributed by atoms with Crippen molar-refractivity contribution in [1.29, 1.82) is 0 Å². The SMILES string of the molecule is O=c1c2ccccc2[nH]c(=S)n1Cc1ccccc1C(F)(F)F. The van der Waals surface area contributed by atoms with E-state index in [1.54, 1.807) is 24.3 Å². The number of aromatic amines is 1. The van der Waals surface area contributed by atoms with Crippen LogP contribution < -0.4 is 5.56 Å². The number of hydrogen-bond acceptors (Lipinski definition) is 2. The van der Waals surface area contributed by atoms with Crippen LogP contribution >= 0.6 is 12.2 Å². The second-order valence-electron chi connectivity index (χ2n) is 5.02. The Balaban J connectivity index is 2.18. The third-order valence-corrected chi connectivity index (χ3v) is 3.86. The number of hydrogen-bond donors (Lipinski definition) is 1. The Morgan fingerprint density at radius 3 is 2.43 bits per heavy atom. The molecule has 0 unspecified atom stereocenters. The van der Waals surface area contributed by atoms with Crippen molar-refractivity contribution >= 4 is 23.1 Å². The molecule has 0 fully saturated rings. The largest absolute Gasteiger partial charge is 0.416 e. The molecule has 1 aromatic heterocycles. The Kier molecular flexibility index (Phi) is 3.81. The maximum atomic E-state index is 13.1. The van der Waals surface area contributed by atoms with E-state index in [4.69, 9.17) is 12.2 Å². The first-order valence-corrected chi connectivity index (χ1v) is 7.16. The molecule has 3 nitrogen and oxygen atoms in total. The van der Waals surface area contributed by atoms with Crippen molar-refractivity contribution in [3.8, 4) is 0 Å². The Morgan fingerprint density at radius 2 is 1.70 bits per heavy atom. The first-order chi connectivity index (χ1) is 10.9. The van der Waals surface area contributed by atoms with Crippen LogP contribution in [0.1, 0.15) is 11.1 Å². The molecule has 0 aliphatic rings. The minimum Gasteiger partial charge on any atom is -0.332 e. The van der Waals surface area contributed by atoms with Gasteiger partial charge in [-0.15, -0.1) is 0 Å². The summed E-state index contributed by atoms with van der Waals surface area (Å²) >= 11 is 5.13. The maximum absolute atomic E-state index is 13.1. The molecule has 118 valence electrons. The highest BCUT2D eigenvalue weighted by Gasteiger charge is 2.33. The molecule has 2 aromatic carbocycles. The van der Waals surface area contributed by atoms with E-state index in [1.807, 2.05) is 0 Å². The van der Waals surface area contributed by atoms with E-state index >= 15 is 0 Å². The van der Waals surface area contributed by atoms with Crippen molar-refractivity contribution in [3.05, 3.63) is 74.8 Å². The summed E-state index contributed by atoms with van der Waals surface area (Å²) in [5, 5.41) is 0.380. The molecular formula is C16H11F3N2OS. The zero-order valence-corrected chi connectivity index (χ0v) is 12.5. The summed E-state index contributed by atoms with van der Waals surface area (Å²) < 4.78 is 40.5. The van der Waals surface area contributed by atoms with Gasteiger partial charge in [-0.05, 0) is 36.0 Å². The van der Waals surface area contributed by atoms with Gasteiger partial charge in [0.05, 0.1) is 23.0 Å². The van der Waals surface area contributed by atoms with Gasteiger partial charge in [0.2, 0.25) is 0 Å². The number of nitrogens with zero attached hydrogens (tertiary/aromatic N) is 1. The number of alkyl halides is 3. The van der Waals surface area contributed by atoms with Crippen molar-refractivity contribution < 1.29 is 13.2 Å². The van der Waals surface area contributed by atoms with E-state index in [-0.39, 0.29) is 16.9 Å². The number of nitrogens with one attached hydrogen (secondary N) is 1. The number of rotatable bonds is 2. The average molecular weight is 336 g/mol. The summed E-state index contributed by atoms with van der Waals surface area (Å²) in [6.07, 6.45) is -4.48. The van der Waals surface area contributed by atoms with Crippen molar-refractivity contribution in [2.24, 2.45) is 0 Å². The summed E-state index contributed by atoms with van der Waals surface area (Å²) in [6.45, 7) is -0.241. The van der Waals surface area contributed by atoms with Gasteiger partial charge in [-0.2, -0.15) is 13.2 Å². The Bertz CT molecular complexity index is 989. The molecule has 0 saturated carbocycles. The second-order valence-corrected chi connectivity index (χ2v) is 5.41. The number of H-pyrrole nitrogens is 1. The smallest absolute Gasteiger partial charge is 0.332 e. The fourth-order valence-electron chi connectivity index (χ4n) is 2.45. The number of benzene rings is 2. The minimum atomic E-state index is -4.48. The molecule has 3 rings (SSSR count). The van der Waals surface area contributed by atoms with Crippen molar-refractivity contribution in [2.75, 3.05) is 0 Å². The number of halogens is 3. The van der Waals surface area contributed by atoms with Gasteiger partial charge in [-0.1, -0.05) is 30.3 Å². The zero-order valence-electron chi connectivity index (χ0n) is 11.7. The van der Waals surface area contributed by atoms with Gasteiger partial charge in [0.15, 0.2) is 4.77 Å². The zero-order chi connectivity index (χ0) is 16.6. The van der Waals surface area contributed by atoms with E-state index in [2.05, 4.69) is 4.98 Å². The van der Waals surface area contributed by atoms with Gasteiger partial charge in [0.25, 0.3) is 5.56 Å². The monoisotopic (exact) mass is 336 g/mol. The van der Waals surface area contributed by atoms with Crippen LogP contribution in [0.5, 0.6) is 0 Å². The van der Waals surface area contributed by atoms with Gasteiger partial charge < -0.3 is 4.98 Å². The maximum Gasteiger partial charge on any atom is 0.416 e. The van der Waals surface area contributed by atoms with Gasteiger partial charge in [-0.25, -0.2) is 0 Å². The molecule has 0 atom stereocenters. The van der Waals surface area contributed by atoms with E-state index in [0.717, 1.165) is 10.6 Å². The number of aromatic nitrogens is 2. The van der Waals surface area contributed by atoms with E-state index in [9.17, 15) is 18.0 Å². The molecule has 23 heavy (non-hydrogen) atoms. The number of para-hydroxylation sites is 1. The summed E-state index contributed by atoms with van der Waals surface area (Å²) in [5.41, 5.74) is -0.629. The highest BCUT2D eigenvalue weighted by molar-refractivity contribution is 7.71. The molecule has 0 aliphatic carbocycles. The molecule has 7 heteroatoms. The fourth-order valence-corrected chi connectivity index (χ4v) is 2.71. The molecule has 0 saturated heterocycles. The lowest BCUT2D eigenvalue weighted by Crippen LogP contribution is -2.24. The Morgan fingerprint density at radius 1 is 1.04 bits per heavy atom. The van der Waals surface area contributed by atoms with Crippen LogP contribution in [0.2, 0.25) is 0 Å². The topological polar surface area (TPSA) is 37.8 Å². The molecule has 0 radical (unpaired) electrons. The van der Waals surface area contributed by atoms with Crippen LogP contribution in [0.25, 0.3) is 10.9 Å². The second kappa shape index (κ2) is 5.66. The van der Waals surface area contributed by atoms with Crippen LogP contribution in [0.3, 0.4) is 0 Å². The third-order valence-electron chi connectivity index (χ3n) is 3.54. The van der Waals surface area contributed by atoms with Gasteiger partial charge in [0, 0.05) is 0 Å². The van der Waals surface area contributed by atoms with Crippen molar-refractivity contribution in [1.82, 2.24) is 9.55 Å². The lowest BCUT2D eigenvalue weighted by molar-refractivity contribution is -0.138. The highest BCUT2D eigenvalue weighted by Crippen LogP contribution is 2.32. The molecular weight excluding hydrogens is 325 g/mol. The Hall–Kier alpha value is -2.41. The lowest BCUT2D eigenvalue weighted by atomic mass is 10.1. The average Bonchev–Trinajstić information content (AvgIpc) is 2.51. The summed E-state index contributed by atoms with van der Waals surface area (Å²) in [7, 11) is 0. The minimum absolute atomic E-state index is 0.00289. The van der Waals surface area contributed by atoms with Crippen LogP contribution in [0.15, 0.2) is 53.3 Å². The van der Waals surface area contributed by atoms with Gasteiger partial charge >= 0.3 is 6.18 Å². The molecule has 0 spiro atoms. The highest BCUT2D eigenvalue weighted by atomic mass is 32.1. The number of fused-ring (bicyclic) bond motifs is 1. The third kappa shape index (κ3) is 2.92. The quantitative estimate of drug-likeness (QED) is 0.715. The Labute approximate surface area is 134 Å². The van der Waals surface area contributed by atoms with E-state index in [0.29, 0.717) is 10.9 Å². The molecule has 0 amide bonds. The van der Waals surface area contributed by atoms with Crippen molar-refractivity contribution in [3.63, 3.8) is 0 Å². The standard InChI is InChI=1S/C16H11F3N2OS/c17-16(18,19)12-7-3-1-5-10(12)9-21-14(22)11-6-2-4-8-13(11)20-15(21)23/h1-8H,9H2,(H,20,23).